The minimum Gasteiger partial charge on any atom is -0.464 e. The fourth-order valence-electron chi connectivity index (χ4n) is 9.97. The number of hydrogen-bond acceptors (Lipinski definition) is 11. The molecule has 3 amide bonds. The van der Waals surface area contributed by atoms with Crippen LogP contribution >= 0.6 is 0 Å². The number of methoxy groups -OCH3 is 1. The molecule has 17 heteroatoms. The third kappa shape index (κ3) is 8.97. The predicted octanol–water partition coefficient (Wildman–Crippen LogP) is 5.82. The van der Waals surface area contributed by atoms with Gasteiger partial charge in [0.15, 0.2) is 0 Å². The molecule has 8 rings (SSSR count). The highest BCUT2D eigenvalue weighted by atomic mass is 19.3. The number of cyclic esters (lactones) is 1. The van der Waals surface area contributed by atoms with Gasteiger partial charge in [-0.05, 0) is 81.0 Å². The Morgan fingerprint density at radius 3 is 2.58 bits per heavy atom. The summed E-state index contributed by atoms with van der Waals surface area (Å²) in [6.45, 7) is 15.4. The number of aromatic nitrogens is 3. The highest BCUT2D eigenvalue weighted by Crippen LogP contribution is 2.45. The highest BCUT2D eigenvalue weighted by molar-refractivity contribution is 5.92. The van der Waals surface area contributed by atoms with Gasteiger partial charge in [-0.2, -0.15) is 8.78 Å². The monoisotopic (exact) mass is 910 g/mol. The number of rotatable bonds is 9. The number of aryl methyl sites for hydroxylation is 1. The fourth-order valence-corrected chi connectivity index (χ4v) is 9.97. The number of ether oxygens (including phenoxy) is 3. The Bertz CT molecular complexity index is 2540. The third-order valence-electron chi connectivity index (χ3n) is 13.2. The molecule has 7 heterocycles. The molecule has 1 aromatic carbocycles. The summed E-state index contributed by atoms with van der Waals surface area (Å²) in [4.78, 5) is 67.4. The van der Waals surface area contributed by atoms with E-state index >= 15 is 8.78 Å². The minimum absolute atomic E-state index is 0.00844. The molecule has 15 nitrogen and oxygen atoms in total. The van der Waals surface area contributed by atoms with Crippen LogP contribution in [0.3, 0.4) is 0 Å². The van der Waals surface area contributed by atoms with Gasteiger partial charge in [-0.25, -0.2) is 15.3 Å². The quantitative estimate of drug-likeness (QED) is 0.119. The van der Waals surface area contributed by atoms with Gasteiger partial charge in [0.2, 0.25) is 11.8 Å². The predicted molar refractivity (Wildman–Crippen MR) is 242 cm³/mol. The number of pyridine rings is 2. The van der Waals surface area contributed by atoms with Crippen molar-refractivity contribution in [2.45, 2.75) is 110 Å². The zero-order valence-corrected chi connectivity index (χ0v) is 38.7. The summed E-state index contributed by atoms with van der Waals surface area (Å²) in [5, 5.41) is 4.19. The van der Waals surface area contributed by atoms with Crippen molar-refractivity contribution in [1.82, 2.24) is 40.1 Å². The van der Waals surface area contributed by atoms with Gasteiger partial charge in [0.1, 0.15) is 17.7 Å². The molecular weight excluding hydrogens is 851 g/mol. The van der Waals surface area contributed by atoms with E-state index in [1.807, 2.05) is 57.2 Å². The maximum absolute atomic E-state index is 15.9. The normalized spacial score (nSPS) is 22.7. The SMILES string of the molecule is C=CC(=O)N1CC2(C1)CN([C@H](C(=O)N[C@H]1Cc3cccc(c3)-c3ccc4c(n3)c(c(-c3cccnc3[C@H](C)OC)n4CC)CC(C)(C)COC(=O)[C@@H]3CCCN(N3)C1=O)C(C)C)C(F)(F)O2. The first kappa shape index (κ1) is 46.9. The van der Waals surface area contributed by atoms with Gasteiger partial charge < -0.3 is 24.3 Å². The van der Waals surface area contributed by atoms with Gasteiger partial charge in [-0.1, -0.05) is 52.5 Å². The summed E-state index contributed by atoms with van der Waals surface area (Å²) >= 11 is 0. The number of hydrogen-bond donors (Lipinski definition) is 2. The topological polar surface area (TPSA) is 160 Å². The van der Waals surface area contributed by atoms with Crippen LogP contribution in [0.4, 0.5) is 8.78 Å². The lowest BCUT2D eigenvalue weighted by Gasteiger charge is -2.46. The Kier molecular flexibility index (Phi) is 12.9. The Morgan fingerprint density at radius 1 is 1.09 bits per heavy atom. The largest absolute Gasteiger partial charge is 0.464 e. The van der Waals surface area contributed by atoms with Crippen molar-refractivity contribution >= 4 is 34.7 Å². The van der Waals surface area contributed by atoms with E-state index in [2.05, 4.69) is 40.9 Å². The van der Waals surface area contributed by atoms with Crippen molar-refractivity contribution in [2.75, 3.05) is 39.9 Å². The molecule has 4 aromatic rings. The highest BCUT2D eigenvalue weighted by Gasteiger charge is 2.64. The van der Waals surface area contributed by atoms with E-state index in [9.17, 15) is 19.2 Å². The van der Waals surface area contributed by atoms with Crippen LogP contribution in [0.1, 0.15) is 77.3 Å². The third-order valence-corrected chi connectivity index (χ3v) is 13.2. The molecular formula is C49H60F2N8O7. The van der Waals surface area contributed by atoms with Crippen LogP contribution in [-0.4, -0.2) is 123 Å². The van der Waals surface area contributed by atoms with Gasteiger partial charge in [0, 0.05) is 61.5 Å². The van der Waals surface area contributed by atoms with Gasteiger partial charge in [0.05, 0.1) is 60.0 Å². The molecule has 4 atom stereocenters. The van der Waals surface area contributed by atoms with Crippen molar-refractivity contribution in [3.05, 3.63) is 84.2 Å². The second-order valence-corrected chi connectivity index (χ2v) is 19.2. The summed E-state index contributed by atoms with van der Waals surface area (Å²) in [5.74, 6) is -2.89. The lowest BCUT2D eigenvalue weighted by molar-refractivity contribution is -0.324. The van der Waals surface area contributed by atoms with Gasteiger partial charge in [-0.15, -0.1) is 0 Å². The lowest BCUT2D eigenvalue weighted by atomic mass is 9.85. The van der Waals surface area contributed by atoms with E-state index in [4.69, 9.17) is 24.2 Å². The molecule has 0 unspecified atom stereocenters. The molecule has 1 spiro atoms. The number of carbonyl (C=O) groups excluding carboxylic acids is 4. The number of hydrazine groups is 1. The molecule has 3 saturated heterocycles. The molecule has 3 aromatic heterocycles. The average Bonchev–Trinajstić information content (AvgIpc) is 3.75. The minimum atomic E-state index is -3.84. The van der Waals surface area contributed by atoms with Crippen molar-refractivity contribution < 1.29 is 42.2 Å². The molecule has 0 aliphatic carbocycles. The number of nitrogens with one attached hydrogen (secondary N) is 2. The second kappa shape index (κ2) is 18.2. The lowest BCUT2D eigenvalue weighted by Crippen LogP contribution is -2.66. The maximum Gasteiger partial charge on any atom is 0.426 e. The van der Waals surface area contributed by atoms with Gasteiger partial charge in [0.25, 0.3) is 5.91 Å². The number of likely N-dealkylation sites (tertiary alicyclic amines) is 1. The summed E-state index contributed by atoms with van der Waals surface area (Å²) in [6, 6.07) is 12.0. The zero-order valence-electron chi connectivity index (χ0n) is 38.7. The first-order chi connectivity index (χ1) is 31.4. The molecule has 6 bridgehead atoms. The molecule has 4 aliphatic heterocycles. The molecule has 4 aliphatic rings. The standard InChI is InChI=1S/C49H60F2N8O7/c1-9-39(60)56-25-48(26-56)27-58(49(50,51)66-48)42(29(3)4)44(61)54-37-23-31-14-11-15-32(22-31)35-18-19-38-41(53-35)34(43(57(38)10-2)33-16-12-20-52-40(33)30(5)64-8)24-47(6,7)28-65-46(63)36-17-13-21-59(55-36)45(37)62/h9,11-12,14-16,18-20,22,29-30,36-37,42,55H,1,10,13,17,21,23-28H2,2-8H3,(H,54,61)/t30-,36-,37-,42-/m0/s1. The van der Waals surface area contributed by atoms with Crippen molar-refractivity contribution in [3.8, 4) is 22.5 Å². The van der Waals surface area contributed by atoms with E-state index < -0.39 is 65.0 Å². The van der Waals surface area contributed by atoms with E-state index in [0.717, 1.165) is 50.1 Å². The Hall–Kier alpha value is -5.62. The van der Waals surface area contributed by atoms with Crippen LogP contribution < -0.4 is 10.7 Å². The van der Waals surface area contributed by atoms with E-state index in [-0.39, 0.29) is 45.3 Å². The fraction of sp³-hybridized carbons (Fsp3) is 0.510. The van der Waals surface area contributed by atoms with E-state index in [0.29, 0.717) is 37.1 Å². The van der Waals surface area contributed by atoms with Crippen molar-refractivity contribution in [1.29, 1.82) is 0 Å². The van der Waals surface area contributed by atoms with Crippen molar-refractivity contribution in [3.63, 3.8) is 0 Å². The molecule has 0 radical (unpaired) electrons. The molecule has 2 N–H and O–H groups in total. The first-order valence-electron chi connectivity index (χ1n) is 22.8. The number of halogens is 2. The Labute approximate surface area is 383 Å². The molecule has 3 fully saturated rings. The summed E-state index contributed by atoms with van der Waals surface area (Å²) in [7, 11) is 1.66. The number of nitrogens with zero attached hydrogens (tertiary/aromatic N) is 6. The van der Waals surface area contributed by atoms with Crippen LogP contribution in [0, 0.1) is 11.3 Å². The van der Waals surface area contributed by atoms with Gasteiger partial charge >= 0.3 is 12.2 Å². The zero-order chi connectivity index (χ0) is 47.3. The maximum atomic E-state index is 15.9. The van der Waals surface area contributed by atoms with Crippen LogP contribution in [0.15, 0.2) is 67.4 Å². The number of benzene rings is 1. The first-order valence-corrected chi connectivity index (χ1v) is 22.8. The van der Waals surface area contributed by atoms with E-state index in [1.54, 1.807) is 27.2 Å². The number of fused-ring (bicyclic) bond motifs is 6. The summed E-state index contributed by atoms with van der Waals surface area (Å²) in [5.41, 5.74) is 8.59. The van der Waals surface area contributed by atoms with Crippen molar-refractivity contribution in [2.24, 2.45) is 11.3 Å². The number of carbonyl (C=O) groups is 4. The summed E-state index contributed by atoms with van der Waals surface area (Å²) < 4.78 is 51.1. The van der Waals surface area contributed by atoms with Gasteiger partial charge in [-0.3, -0.25) is 33.9 Å². The summed E-state index contributed by atoms with van der Waals surface area (Å²) in [6.07, 6.45) is 0.102. The Morgan fingerprint density at radius 2 is 1.86 bits per heavy atom. The van der Waals surface area contributed by atoms with Crippen LogP contribution in [0.25, 0.3) is 33.5 Å². The number of amides is 3. The smallest absolute Gasteiger partial charge is 0.426 e. The second-order valence-electron chi connectivity index (χ2n) is 19.2. The van der Waals surface area contributed by atoms with Crippen LogP contribution in [-0.2, 0) is 52.8 Å². The molecule has 0 saturated carbocycles. The number of esters is 1. The Balaban J connectivity index is 1.19. The van der Waals surface area contributed by atoms with Crippen LogP contribution in [0.2, 0.25) is 0 Å². The average molecular weight is 911 g/mol. The van der Waals surface area contributed by atoms with Crippen LogP contribution in [0.5, 0.6) is 0 Å². The molecule has 66 heavy (non-hydrogen) atoms. The van der Waals surface area contributed by atoms with E-state index in [1.165, 1.54) is 9.91 Å². The number of alkyl halides is 2. The molecule has 352 valence electrons.